The third-order valence-electron chi connectivity index (χ3n) is 5.52. The lowest BCUT2D eigenvalue weighted by molar-refractivity contribution is 0.0724. The maximum atomic E-state index is 12.6. The number of likely N-dealkylation sites (tertiary alicyclic amines) is 1. The molecule has 7 heteroatoms. The van der Waals surface area contributed by atoms with Gasteiger partial charge in [-0.05, 0) is 64.7 Å². The van der Waals surface area contributed by atoms with Gasteiger partial charge in [-0.3, -0.25) is 14.7 Å². The van der Waals surface area contributed by atoms with E-state index in [9.17, 15) is 4.79 Å². The van der Waals surface area contributed by atoms with Crippen LogP contribution in [0.4, 0.5) is 0 Å². The number of benzene rings is 1. The lowest BCUT2D eigenvalue weighted by Crippen LogP contribution is -2.45. The normalized spacial score (nSPS) is 14.8. The molecule has 1 saturated heterocycles. The van der Waals surface area contributed by atoms with Crippen molar-refractivity contribution in [3.05, 3.63) is 35.4 Å². The van der Waals surface area contributed by atoms with E-state index in [-0.39, 0.29) is 29.9 Å². The summed E-state index contributed by atoms with van der Waals surface area (Å²) >= 11 is 0. The molecule has 0 aromatic heterocycles. The van der Waals surface area contributed by atoms with Crippen LogP contribution in [0.3, 0.4) is 0 Å². The smallest absolute Gasteiger partial charge is 0.253 e. The van der Waals surface area contributed by atoms with Gasteiger partial charge in [-0.1, -0.05) is 12.1 Å². The molecule has 0 saturated carbocycles. The van der Waals surface area contributed by atoms with Crippen LogP contribution in [0, 0.1) is 0 Å². The van der Waals surface area contributed by atoms with Crippen molar-refractivity contribution < 1.29 is 4.79 Å². The van der Waals surface area contributed by atoms with Gasteiger partial charge in [0.15, 0.2) is 5.96 Å². The van der Waals surface area contributed by atoms with Crippen molar-refractivity contribution in [2.45, 2.75) is 65.6 Å². The van der Waals surface area contributed by atoms with Crippen molar-refractivity contribution in [1.29, 1.82) is 0 Å². The second kappa shape index (κ2) is 13.9. The minimum atomic E-state index is 0. The van der Waals surface area contributed by atoms with Crippen LogP contribution in [0.2, 0.25) is 0 Å². The molecule has 0 unspecified atom stereocenters. The number of carbonyl (C=O) groups excluding carboxylic acids is 1. The molecule has 2 rings (SSSR count). The summed E-state index contributed by atoms with van der Waals surface area (Å²) < 4.78 is 0. The van der Waals surface area contributed by atoms with E-state index in [4.69, 9.17) is 0 Å². The fourth-order valence-electron chi connectivity index (χ4n) is 3.87. The molecule has 1 aromatic rings. The fraction of sp³-hybridized carbons (Fsp3) is 0.652. The lowest BCUT2D eigenvalue weighted by atomic mass is 10.1. The number of hydrogen-bond acceptors (Lipinski definition) is 3. The molecule has 30 heavy (non-hydrogen) atoms. The summed E-state index contributed by atoms with van der Waals surface area (Å²) in [5, 5.41) is 6.74. The first-order chi connectivity index (χ1) is 13.9. The summed E-state index contributed by atoms with van der Waals surface area (Å²) in [5.41, 5.74) is 1.91. The Balaban J connectivity index is 0.00000450. The molecule has 1 fully saturated rings. The monoisotopic (exact) mass is 529 g/mol. The van der Waals surface area contributed by atoms with Crippen LogP contribution in [0.1, 0.15) is 62.9 Å². The summed E-state index contributed by atoms with van der Waals surface area (Å²) in [6.07, 6.45) is 3.47. The largest absolute Gasteiger partial charge is 0.355 e. The molecule has 1 amide bonds. The Hall–Kier alpha value is -1.35. The maximum Gasteiger partial charge on any atom is 0.253 e. The topological polar surface area (TPSA) is 60.0 Å². The van der Waals surface area contributed by atoms with Gasteiger partial charge in [0.2, 0.25) is 0 Å². The van der Waals surface area contributed by atoms with Crippen molar-refractivity contribution in [3.63, 3.8) is 0 Å². The summed E-state index contributed by atoms with van der Waals surface area (Å²) in [6.45, 7) is 13.2. The SMILES string of the molecule is CN=C(NCCN(C(C)C)C(C)C)NCc1ccc(C(=O)N2CCCCC2)cc1.I. The molecule has 6 nitrogen and oxygen atoms in total. The zero-order valence-corrected chi connectivity index (χ0v) is 21.6. The zero-order chi connectivity index (χ0) is 21.2. The fourth-order valence-corrected chi connectivity index (χ4v) is 3.87. The van der Waals surface area contributed by atoms with E-state index in [0.717, 1.165) is 56.1 Å². The molecule has 0 atom stereocenters. The summed E-state index contributed by atoms with van der Waals surface area (Å²) in [7, 11) is 1.79. The van der Waals surface area contributed by atoms with Crippen LogP contribution >= 0.6 is 24.0 Å². The second-order valence-corrected chi connectivity index (χ2v) is 8.33. The van der Waals surface area contributed by atoms with E-state index in [0.29, 0.717) is 18.6 Å². The Kier molecular flexibility index (Phi) is 12.3. The molecule has 2 N–H and O–H groups in total. The number of halogens is 1. The Morgan fingerprint density at radius 1 is 1.03 bits per heavy atom. The number of piperidine rings is 1. The van der Waals surface area contributed by atoms with Gasteiger partial charge >= 0.3 is 0 Å². The van der Waals surface area contributed by atoms with Crippen LogP contribution in [0.5, 0.6) is 0 Å². The highest BCUT2D eigenvalue weighted by Gasteiger charge is 2.18. The first-order valence-corrected chi connectivity index (χ1v) is 11.0. The Morgan fingerprint density at radius 3 is 2.17 bits per heavy atom. The second-order valence-electron chi connectivity index (χ2n) is 8.33. The molecule has 1 aromatic carbocycles. The van der Waals surface area contributed by atoms with Gasteiger partial charge in [-0.15, -0.1) is 24.0 Å². The van der Waals surface area contributed by atoms with Crippen LogP contribution in [-0.2, 0) is 6.54 Å². The minimum absolute atomic E-state index is 0. The highest BCUT2D eigenvalue weighted by Crippen LogP contribution is 2.14. The van der Waals surface area contributed by atoms with Crippen LogP contribution in [0.25, 0.3) is 0 Å². The Bertz CT molecular complexity index is 646. The summed E-state index contributed by atoms with van der Waals surface area (Å²) in [4.78, 5) is 21.3. The quantitative estimate of drug-likeness (QED) is 0.306. The standard InChI is InChI=1S/C23H39N5O.HI/c1-18(2)28(19(3)4)16-13-25-23(24-5)26-17-20-9-11-21(12-10-20)22(29)27-14-7-6-8-15-27;/h9-12,18-19H,6-8,13-17H2,1-5H3,(H2,24,25,26);1H. The van der Waals surface area contributed by atoms with Gasteiger partial charge < -0.3 is 15.5 Å². The van der Waals surface area contributed by atoms with Crippen molar-refractivity contribution in [1.82, 2.24) is 20.4 Å². The van der Waals surface area contributed by atoms with Crippen molar-refractivity contribution in [2.24, 2.45) is 4.99 Å². The number of guanidine groups is 1. The van der Waals surface area contributed by atoms with Crippen LogP contribution < -0.4 is 10.6 Å². The maximum absolute atomic E-state index is 12.6. The molecule has 0 radical (unpaired) electrons. The molecule has 0 bridgehead atoms. The number of hydrogen-bond donors (Lipinski definition) is 2. The molecule has 1 aliphatic heterocycles. The van der Waals surface area contributed by atoms with E-state index in [2.05, 4.69) is 48.2 Å². The first-order valence-electron chi connectivity index (χ1n) is 11.0. The third kappa shape index (κ3) is 8.41. The molecule has 0 aliphatic carbocycles. The Morgan fingerprint density at radius 2 is 1.63 bits per heavy atom. The highest BCUT2D eigenvalue weighted by atomic mass is 127. The van der Waals surface area contributed by atoms with Gasteiger partial charge in [0, 0.05) is 57.4 Å². The number of nitrogens with one attached hydrogen (secondary N) is 2. The highest BCUT2D eigenvalue weighted by molar-refractivity contribution is 14.0. The van der Waals surface area contributed by atoms with Crippen LogP contribution in [-0.4, -0.2) is 67.0 Å². The number of nitrogens with zero attached hydrogens (tertiary/aromatic N) is 3. The van der Waals surface area contributed by atoms with Crippen LogP contribution in [0.15, 0.2) is 29.3 Å². The number of rotatable bonds is 8. The molecule has 1 heterocycles. The first kappa shape index (κ1) is 26.7. The molecular weight excluding hydrogens is 489 g/mol. The molecule has 170 valence electrons. The van der Waals surface area contributed by atoms with E-state index in [1.54, 1.807) is 7.05 Å². The zero-order valence-electron chi connectivity index (χ0n) is 19.3. The average molecular weight is 530 g/mol. The van der Waals surface area contributed by atoms with E-state index >= 15 is 0 Å². The molecule has 1 aliphatic rings. The minimum Gasteiger partial charge on any atom is -0.355 e. The van der Waals surface area contributed by atoms with Gasteiger partial charge in [-0.25, -0.2) is 0 Å². The summed E-state index contributed by atoms with van der Waals surface area (Å²) in [5.74, 6) is 0.951. The third-order valence-corrected chi connectivity index (χ3v) is 5.52. The number of carbonyl (C=O) groups is 1. The van der Waals surface area contributed by atoms with Gasteiger partial charge in [0.05, 0.1) is 0 Å². The van der Waals surface area contributed by atoms with E-state index in [1.165, 1.54) is 6.42 Å². The Labute approximate surface area is 199 Å². The number of amides is 1. The van der Waals surface area contributed by atoms with Crippen molar-refractivity contribution >= 4 is 35.8 Å². The molecule has 0 spiro atoms. The van der Waals surface area contributed by atoms with Gasteiger partial charge in [-0.2, -0.15) is 0 Å². The molecular formula is C23H40IN5O. The van der Waals surface area contributed by atoms with E-state index in [1.807, 2.05) is 29.2 Å². The average Bonchev–Trinajstić information content (AvgIpc) is 2.73. The lowest BCUT2D eigenvalue weighted by Gasteiger charge is -2.30. The van der Waals surface area contributed by atoms with Gasteiger partial charge in [0.25, 0.3) is 5.91 Å². The predicted octanol–water partition coefficient (Wildman–Crippen LogP) is 3.71. The van der Waals surface area contributed by atoms with Gasteiger partial charge in [0.1, 0.15) is 0 Å². The number of aliphatic imine (C=N–C) groups is 1. The predicted molar refractivity (Wildman–Crippen MR) is 137 cm³/mol. The summed E-state index contributed by atoms with van der Waals surface area (Å²) in [6, 6.07) is 8.98. The van der Waals surface area contributed by atoms with Crippen molar-refractivity contribution in [3.8, 4) is 0 Å². The van der Waals surface area contributed by atoms with Crippen molar-refractivity contribution in [2.75, 3.05) is 33.2 Å². The van der Waals surface area contributed by atoms with E-state index < -0.39 is 0 Å².